The first-order valence-electron chi connectivity index (χ1n) is 9.75. The van der Waals surface area contributed by atoms with Crippen LogP contribution >= 0.6 is 0 Å². The minimum Gasteiger partial charge on any atom is -0.494 e. The zero-order chi connectivity index (χ0) is 20.9. The molecule has 0 saturated carbocycles. The number of carboxylic acids is 1. The van der Waals surface area contributed by atoms with E-state index in [2.05, 4.69) is 10.3 Å². The highest BCUT2D eigenvalue weighted by atomic mass is 16.5. The molecule has 0 atom stereocenters. The van der Waals surface area contributed by atoms with Gasteiger partial charge in [0.05, 0.1) is 17.9 Å². The third-order valence-corrected chi connectivity index (χ3v) is 5.36. The number of nitrogens with one attached hydrogen (secondary N) is 1. The van der Waals surface area contributed by atoms with Crippen LogP contribution in [0.4, 0.5) is 0 Å². The summed E-state index contributed by atoms with van der Waals surface area (Å²) in [6.07, 6.45) is 1.59. The van der Waals surface area contributed by atoms with Crippen LogP contribution in [-0.2, 0) is 10.2 Å². The molecule has 0 spiro atoms. The van der Waals surface area contributed by atoms with Crippen molar-refractivity contribution in [3.63, 3.8) is 0 Å². The molecule has 1 aromatic heterocycles. The Morgan fingerprint density at radius 1 is 1.17 bits per heavy atom. The minimum atomic E-state index is -1.06. The Morgan fingerprint density at radius 3 is 2.45 bits per heavy atom. The number of aryl methyl sites for hydroxylation is 1. The molecule has 2 heterocycles. The molecule has 7 heteroatoms. The number of amides is 1. The van der Waals surface area contributed by atoms with Gasteiger partial charge in [-0.3, -0.25) is 4.79 Å². The predicted molar refractivity (Wildman–Crippen MR) is 108 cm³/mol. The summed E-state index contributed by atoms with van der Waals surface area (Å²) < 4.78 is 11.1. The van der Waals surface area contributed by atoms with Crippen molar-refractivity contribution in [3.8, 4) is 5.75 Å². The van der Waals surface area contributed by atoms with E-state index >= 15 is 0 Å². The van der Waals surface area contributed by atoms with Crippen molar-refractivity contribution < 1.29 is 24.2 Å². The number of aromatic nitrogens is 1. The van der Waals surface area contributed by atoms with E-state index in [1.807, 2.05) is 31.2 Å². The van der Waals surface area contributed by atoms with Gasteiger partial charge in [-0.15, -0.1) is 0 Å². The number of pyridine rings is 1. The highest BCUT2D eigenvalue weighted by Gasteiger charge is 2.35. The Balaban J connectivity index is 1.76. The Morgan fingerprint density at radius 2 is 1.86 bits per heavy atom. The van der Waals surface area contributed by atoms with Crippen molar-refractivity contribution in [1.82, 2.24) is 10.3 Å². The number of aromatic carboxylic acids is 1. The summed E-state index contributed by atoms with van der Waals surface area (Å²) in [6, 6.07) is 10.9. The number of hydrogen-bond acceptors (Lipinski definition) is 5. The summed E-state index contributed by atoms with van der Waals surface area (Å²) in [7, 11) is 0. The molecule has 0 radical (unpaired) electrons. The van der Waals surface area contributed by atoms with Gasteiger partial charge in [-0.1, -0.05) is 12.1 Å². The lowest BCUT2D eigenvalue weighted by atomic mass is 9.74. The van der Waals surface area contributed by atoms with Crippen molar-refractivity contribution in [1.29, 1.82) is 0 Å². The van der Waals surface area contributed by atoms with Gasteiger partial charge < -0.3 is 19.9 Å². The number of rotatable bonds is 7. The molecular weight excluding hydrogens is 372 g/mol. The van der Waals surface area contributed by atoms with Crippen LogP contribution in [0.1, 0.15) is 51.9 Å². The van der Waals surface area contributed by atoms with Gasteiger partial charge in [-0.2, -0.15) is 0 Å². The maximum absolute atomic E-state index is 12.7. The van der Waals surface area contributed by atoms with Gasteiger partial charge in [0, 0.05) is 25.2 Å². The Hall–Kier alpha value is -2.93. The first-order chi connectivity index (χ1) is 13.9. The quantitative estimate of drug-likeness (QED) is 0.744. The highest BCUT2D eigenvalue weighted by Crippen LogP contribution is 2.35. The van der Waals surface area contributed by atoms with Crippen LogP contribution in [0, 0.1) is 6.92 Å². The molecule has 29 heavy (non-hydrogen) atoms. The van der Waals surface area contributed by atoms with Gasteiger partial charge >= 0.3 is 5.97 Å². The molecule has 1 aromatic carbocycles. The maximum Gasteiger partial charge on any atom is 0.337 e. The van der Waals surface area contributed by atoms with Crippen LogP contribution in [-0.4, -0.2) is 48.3 Å². The molecule has 2 N–H and O–H groups in total. The first kappa shape index (κ1) is 20.8. The van der Waals surface area contributed by atoms with Gasteiger partial charge in [-0.25, -0.2) is 9.78 Å². The van der Waals surface area contributed by atoms with Gasteiger partial charge in [0.25, 0.3) is 5.91 Å². The van der Waals surface area contributed by atoms with Crippen LogP contribution in [0.5, 0.6) is 5.75 Å². The summed E-state index contributed by atoms with van der Waals surface area (Å²) >= 11 is 0. The molecule has 3 rings (SSSR count). The average molecular weight is 398 g/mol. The fourth-order valence-corrected chi connectivity index (χ4v) is 3.65. The van der Waals surface area contributed by atoms with Gasteiger partial charge in [0.15, 0.2) is 0 Å². The van der Waals surface area contributed by atoms with Gasteiger partial charge in [0.1, 0.15) is 11.4 Å². The van der Waals surface area contributed by atoms with E-state index < -0.39 is 5.97 Å². The number of carbonyl (C=O) groups excluding carboxylic acids is 1. The van der Waals surface area contributed by atoms with E-state index in [9.17, 15) is 9.59 Å². The summed E-state index contributed by atoms with van der Waals surface area (Å²) in [6.45, 7) is 5.86. The highest BCUT2D eigenvalue weighted by molar-refractivity contribution is 5.94. The Kier molecular flexibility index (Phi) is 6.49. The van der Waals surface area contributed by atoms with Crippen LogP contribution in [0.2, 0.25) is 0 Å². The Bertz CT molecular complexity index is 873. The summed E-state index contributed by atoms with van der Waals surface area (Å²) in [5.41, 5.74) is 1.53. The van der Waals surface area contributed by atoms with Crippen molar-refractivity contribution >= 4 is 11.9 Å². The molecule has 1 saturated heterocycles. The molecule has 154 valence electrons. The van der Waals surface area contributed by atoms with Crippen LogP contribution in [0.15, 0.2) is 36.4 Å². The lowest BCUT2D eigenvalue weighted by molar-refractivity contribution is 0.0486. The largest absolute Gasteiger partial charge is 0.494 e. The fraction of sp³-hybridized carbons (Fsp3) is 0.409. The molecule has 0 aliphatic carbocycles. The lowest BCUT2D eigenvalue weighted by Gasteiger charge is -2.38. The standard InChI is InChI=1S/C22H26N2O5/c1-3-29-17-6-4-16(5-7-17)22(10-12-28-13-11-22)14-23-20(25)19-9-8-18(21(26)27)15(2)24-19/h4-9H,3,10-14H2,1-2H3,(H,23,25)(H,26,27). The number of nitrogens with zero attached hydrogens (tertiary/aromatic N) is 1. The topological polar surface area (TPSA) is 97.8 Å². The molecule has 0 unspecified atom stereocenters. The number of benzene rings is 1. The zero-order valence-corrected chi connectivity index (χ0v) is 16.7. The molecule has 1 amide bonds. The van der Waals surface area contributed by atoms with Crippen LogP contribution in [0.3, 0.4) is 0 Å². The summed E-state index contributed by atoms with van der Waals surface area (Å²) in [4.78, 5) is 28.0. The van der Waals surface area contributed by atoms with E-state index in [4.69, 9.17) is 14.6 Å². The van der Waals surface area contributed by atoms with Crippen LogP contribution < -0.4 is 10.1 Å². The number of hydrogen-bond donors (Lipinski definition) is 2. The monoisotopic (exact) mass is 398 g/mol. The van der Waals surface area contributed by atoms with Gasteiger partial charge in [-0.05, 0) is 56.5 Å². The normalized spacial score (nSPS) is 15.5. The second kappa shape index (κ2) is 9.05. The Labute approximate surface area is 170 Å². The van der Waals surface area contributed by atoms with Crippen molar-refractivity contribution in [2.24, 2.45) is 0 Å². The zero-order valence-electron chi connectivity index (χ0n) is 16.7. The van der Waals surface area contributed by atoms with Crippen molar-refractivity contribution in [2.45, 2.75) is 32.1 Å². The van der Waals surface area contributed by atoms with E-state index in [0.29, 0.717) is 32.1 Å². The van der Waals surface area contributed by atoms with Gasteiger partial charge in [0.2, 0.25) is 0 Å². The lowest BCUT2D eigenvalue weighted by Crippen LogP contribution is -2.44. The molecule has 1 fully saturated rings. The van der Waals surface area contributed by atoms with Crippen LogP contribution in [0.25, 0.3) is 0 Å². The van der Waals surface area contributed by atoms with E-state index in [1.54, 1.807) is 6.92 Å². The van der Waals surface area contributed by atoms with E-state index in [1.165, 1.54) is 12.1 Å². The molecule has 2 aromatic rings. The average Bonchev–Trinajstić information content (AvgIpc) is 2.73. The predicted octanol–water partition coefficient (Wildman–Crippen LogP) is 2.97. The second-order valence-corrected chi connectivity index (χ2v) is 7.17. The first-order valence-corrected chi connectivity index (χ1v) is 9.75. The molecule has 0 bridgehead atoms. The van der Waals surface area contributed by atoms with Crippen molar-refractivity contribution in [2.75, 3.05) is 26.4 Å². The second-order valence-electron chi connectivity index (χ2n) is 7.17. The number of ether oxygens (including phenoxy) is 2. The SMILES string of the molecule is CCOc1ccc(C2(CNC(=O)c3ccc(C(=O)O)c(C)n3)CCOCC2)cc1. The maximum atomic E-state index is 12.7. The molecule has 1 aliphatic heterocycles. The van der Waals surface area contributed by atoms with Crippen molar-refractivity contribution in [3.05, 3.63) is 58.9 Å². The number of carbonyl (C=O) groups is 2. The molecular formula is C22H26N2O5. The van der Waals surface area contributed by atoms with E-state index in [0.717, 1.165) is 24.2 Å². The van der Waals surface area contributed by atoms with E-state index in [-0.39, 0.29) is 22.6 Å². The summed E-state index contributed by atoms with van der Waals surface area (Å²) in [5.74, 6) is -0.554. The number of carboxylic acid groups (broad SMARTS) is 1. The minimum absolute atomic E-state index is 0.0943. The smallest absolute Gasteiger partial charge is 0.337 e. The third kappa shape index (κ3) is 4.74. The third-order valence-electron chi connectivity index (χ3n) is 5.36. The summed E-state index contributed by atoms with van der Waals surface area (Å²) in [5, 5.41) is 12.1. The molecule has 7 nitrogen and oxygen atoms in total. The fourth-order valence-electron chi connectivity index (χ4n) is 3.65. The molecule has 1 aliphatic rings.